The minimum atomic E-state index is -0.125. The van der Waals surface area contributed by atoms with E-state index in [2.05, 4.69) is 40.4 Å². The molecule has 0 saturated carbocycles. The normalized spacial score (nSPS) is 10.6. The summed E-state index contributed by atoms with van der Waals surface area (Å²) in [6.07, 6.45) is 11.6. The van der Waals surface area contributed by atoms with E-state index in [1.807, 2.05) is 97.1 Å². The predicted molar refractivity (Wildman–Crippen MR) is 258 cm³/mol. The topological polar surface area (TPSA) is 242 Å². The Morgan fingerprint density at radius 2 is 0.691 bits per heavy atom. The summed E-state index contributed by atoms with van der Waals surface area (Å²) in [7, 11) is 6.52. The van der Waals surface area contributed by atoms with Crippen molar-refractivity contribution in [2.75, 3.05) is 34.2 Å². The van der Waals surface area contributed by atoms with Gasteiger partial charge in [0.1, 0.15) is 28.8 Å². The molecule has 19 nitrogen and oxygen atoms in total. The summed E-state index contributed by atoms with van der Waals surface area (Å²) in [6, 6.07) is 34.8. The average Bonchev–Trinajstić information content (AvgIpc) is 4.22. The third-order valence-electron chi connectivity index (χ3n) is 10.5. The van der Waals surface area contributed by atoms with Gasteiger partial charge in [0.25, 0.3) is 16.7 Å². The average molecular weight is 913 g/mol. The number of H-pyrrole nitrogens is 4. The Balaban J connectivity index is 0.000000123. The minimum absolute atomic E-state index is 0.125. The molecular formula is C49H44N12O7. The Kier molecular flexibility index (Phi) is 13.5. The molecule has 342 valence electrons. The first kappa shape index (κ1) is 44.9. The van der Waals surface area contributed by atoms with Crippen LogP contribution in [0.1, 0.15) is 0 Å². The number of nitrogens with one attached hydrogen (secondary N) is 4. The van der Waals surface area contributed by atoms with Crippen LogP contribution in [-0.4, -0.2) is 82.4 Å². The van der Waals surface area contributed by atoms with Crippen molar-refractivity contribution in [1.29, 1.82) is 0 Å². The number of hydrogen-bond acceptors (Lipinski definition) is 12. The first-order chi connectivity index (χ1) is 33.2. The number of rotatable bonds is 8. The van der Waals surface area contributed by atoms with Crippen LogP contribution < -0.4 is 41.4 Å². The predicted octanol–water partition coefficient (Wildman–Crippen LogP) is 6.76. The fourth-order valence-corrected chi connectivity index (χ4v) is 7.00. The van der Waals surface area contributed by atoms with Gasteiger partial charge in [-0.05, 0) is 70.8 Å². The monoisotopic (exact) mass is 912 g/mol. The lowest BCUT2D eigenvalue weighted by molar-refractivity contribution is 0.415. The van der Waals surface area contributed by atoms with Crippen LogP contribution in [0.5, 0.6) is 23.0 Å². The van der Waals surface area contributed by atoms with Crippen molar-refractivity contribution in [2.24, 2.45) is 0 Å². The molecule has 7 heterocycles. The number of aromatic nitrogens is 11. The lowest BCUT2D eigenvalue weighted by Crippen LogP contribution is -2.12. The molecule has 0 radical (unpaired) electrons. The second-order valence-electron chi connectivity index (χ2n) is 14.5. The molecule has 0 bridgehead atoms. The van der Waals surface area contributed by atoms with E-state index in [1.54, 1.807) is 53.2 Å². The van der Waals surface area contributed by atoms with Gasteiger partial charge in [0.05, 0.1) is 34.6 Å². The summed E-state index contributed by atoms with van der Waals surface area (Å²) in [5.74, 6) is 3.79. The molecule has 19 heteroatoms. The first-order valence-electron chi connectivity index (χ1n) is 20.7. The molecule has 0 aliphatic rings. The maximum atomic E-state index is 11.6. The number of nitrogens with two attached hydrogens (primary N) is 1. The SMILES string of the molecule is COc1ccc(-c2c[nH]n3c(=O)ccnc23)cc1.COc1ccc(-c2c[nH]n3c(=O)ccnc23)cc1.COc1ccc(-c2c[nH]n3c(=O)ccnc23)cc1.COc1ccc(-c2cn[nH]c2N)cc1. The van der Waals surface area contributed by atoms with E-state index in [1.165, 1.54) is 50.3 Å². The van der Waals surface area contributed by atoms with Gasteiger partial charge < -0.3 is 24.7 Å². The van der Waals surface area contributed by atoms with Gasteiger partial charge in [0.2, 0.25) is 0 Å². The van der Waals surface area contributed by atoms with Gasteiger partial charge in [-0.15, -0.1) is 0 Å². The van der Waals surface area contributed by atoms with E-state index in [0.717, 1.165) is 67.5 Å². The van der Waals surface area contributed by atoms with Crippen molar-refractivity contribution in [1.82, 2.24) is 54.0 Å². The number of aromatic amines is 4. The van der Waals surface area contributed by atoms with Crippen LogP contribution in [0, 0.1) is 0 Å². The highest BCUT2D eigenvalue weighted by molar-refractivity contribution is 5.79. The van der Waals surface area contributed by atoms with Crippen LogP contribution in [0.15, 0.2) is 173 Å². The maximum absolute atomic E-state index is 11.6. The number of ether oxygens (including phenoxy) is 4. The molecule has 0 amide bonds. The standard InChI is InChI=1S/3C13H11N3O2.C10H11N3O/c3*1-18-10-4-2-9(3-5-10)11-8-15-16-12(17)6-7-14-13(11)16;1-14-8-4-2-7(3-5-8)9-6-12-13-10(9)11/h3*2-8,15H,1H3;2-6H,1H3,(H3,11,12,13). The largest absolute Gasteiger partial charge is 0.497 e. The number of nitrogens with zero attached hydrogens (tertiary/aromatic N) is 7. The van der Waals surface area contributed by atoms with Gasteiger partial charge in [0, 0.05) is 77.6 Å². The Labute approximate surface area is 386 Å². The Hall–Kier alpha value is -9.65. The van der Waals surface area contributed by atoms with Crippen molar-refractivity contribution in [3.63, 3.8) is 0 Å². The minimum Gasteiger partial charge on any atom is -0.497 e. The number of fused-ring (bicyclic) bond motifs is 3. The second-order valence-corrected chi connectivity index (χ2v) is 14.5. The smallest absolute Gasteiger partial charge is 0.272 e. The van der Waals surface area contributed by atoms with Crippen molar-refractivity contribution in [3.8, 4) is 67.5 Å². The van der Waals surface area contributed by atoms with E-state index in [-0.39, 0.29) is 16.7 Å². The van der Waals surface area contributed by atoms with Crippen LogP contribution in [0.2, 0.25) is 0 Å². The zero-order valence-electron chi connectivity index (χ0n) is 37.1. The van der Waals surface area contributed by atoms with Crippen molar-refractivity contribution >= 4 is 22.8 Å². The number of nitrogen functional groups attached to an aromatic ring is 1. The summed E-state index contributed by atoms with van der Waals surface area (Å²) >= 11 is 0. The van der Waals surface area contributed by atoms with Gasteiger partial charge >= 0.3 is 0 Å². The summed E-state index contributed by atoms with van der Waals surface area (Å²) in [5.41, 5.74) is 14.7. The van der Waals surface area contributed by atoms with Crippen molar-refractivity contribution in [2.45, 2.75) is 0 Å². The highest BCUT2D eigenvalue weighted by Crippen LogP contribution is 2.28. The van der Waals surface area contributed by atoms with Gasteiger partial charge in [-0.3, -0.25) is 34.8 Å². The fourth-order valence-electron chi connectivity index (χ4n) is 7.00. The van der Waals surface area contributed by atoms with Gasteiger partial charge in [-0.2, -0.15) is 5.10 Å². The van der Waals surface area contributed by atoms with Gasteiger partial charge in [-0.1, -0.05) is 48.5 Å². The van der Waals surface area contributed by atoms with Crippen LogP contribution in [0.4, 0.5) is 5.82 Å². The summed E-state index contributed by atoms with van der Waals surface area (Å²) in [5, 5.41) is 15.2. The quantitative estimate of drug-likeness (QED) is 0.106. The molecule has 6 N–H and O–H groups in total. The number of benzene rings is 4. The molecule has 68 heavy (non-hydrogen) atoms. The Bertz CT molecular complexity index is 3270. The molecule has 0 unspecified atom stereocenters. The van der Waals surface area contributed by atoms with Gasteiger partial charge in [-0.25, -0.2) is 28.5 Å². The molecule has 11 rings (SSSR count). The molecular weight excluding hydrogens is 869 g/mol. The third-order valence-corrected chi connectivity index (χ3v) is 10.5. The lowest BCUT2D eigenvalue weighted by atomic mass is 10.1. The number of anilines is 1. The van der Waals surface area contributed by atoms with Crippen molar-refractivity contribution in [3.05, 3.63) is 190 Å². The molecule has 0 saturated heterocycles. The second kappa shape index (κ2) is 20.5. The molecule has 11 aromatic rings. The summed E-state index contributed by atoms with van der Waals surface area (Å²) in [4.78, 5) is 47.5. The van der Waals surface area contributed by atoms with E-state index < -0.39 is 0 Å². The van der Waals surface area contributed by atoms with Crippen molar-refractivity contribution < 1.29 is 18.9 Å². The molecule has 0 aliphatic heterocycles. The van der Waals surface area contributed by atoms with E-state index in [9.17, 15) is 14.4 Å². The Morgan fingerprint density at radius 1 is 0.412 bits per heavy atom. The molecule has 0 atom stereocenters. The maximum Gasteiger partial charge on any atom is 0.272 e. The van der Waals surface area contributed by atoms with E-state index in [4.69, 9.17) is 24.7 Å². The first-order valence-corrected chi connectivity index (χ1v) is 20.7. The molecule has 0 spiro atoms. The van der Waals surface area contributed by atoms with Gasteiger partial charge in [0.15, 0.2) is 16.9 Å². The highest BCUT2D eigenvalue weighted by Gasteiger charge is 2.11. The zero-order valence-corrected chi connectivity index (χ0v) is 37.1. The summed E-state index contributed by atoms with van der Waals surface area (Å²) < 4.78 is 24.7. The zero-order chi connectivity index (χ0) is 47.6. The fraction of sp³-hybridized carbons (Fsp3) is 0.0816. The van der Waals surface area contributed by atoms with Crippen LogP contribution >= 0.6 is 0 Å². The molecule has 7 aromatic heterocycles. The van der Waals surface area contributed by atoms with Crippen LogP contribution in [-0.2, 0) is 0 Å². The number of methoxy groups -OCH3 is 4. The Morgan fingerprint density at radius 3 is 0.941 bits per heavy atom. The third kappa shape index (κ3) is 9.71. The van der Waals surface area contributed by atoms with Crippen LogP contribution in [0.25, 0.3) is 61.4 Å². The highest BCUT2D eigenvalue weighted by atomic mass is 16.5. The molecule has 0 fully saturated rings. The molecule has 0 aliphatic carbocycles. The summed E-state index contributed by atoms with van der Waals surface area (Å²) in [6.45, 7) is 0. The molecule has 4 aromatic carbocycles. The van der Waals surface area contributed by atoms with Crippen LogP contribution in [0.3, 0.4) is 0 Å². The van der Waals surface area contributed by atoms with E-state index >= 15 is 0 Å². The number of hydrogen-bond donors (Lipinski definition) is 5. The van der Waals surface area contributed by atoms with E-state index in [0.29, 0.717) is 22.8 Å². The lowest BCUT2D eigenvalue weighted by Gasteiger charge is -2.01.